The Balaban J connectivity index is 2.22. The number of fused-ring (bicyclic) bond motifs is 3. The molecule has 0 unspecified atom stereocenters. The van der Waals surface area contributed by atoms with Gasteiger partial charge in [0.15, 0.2) is 0 Å². The van der Waals surface area contributed by atoms with Crippen LogP contribution in [0.4, 0.5) is 13.2 Å². The third kappa shape index (κ3) is 1.87. The highest BCUT2D eigenvalue weighted by Crippen LogP contribution is 2.45. The Kier molecular flexibility index (Phi) is 2.59. The molecule has 0 atom stereocenters. The van der Waals surface area contributed by atoms with Crippen LogP contribution in [0, 0.1) is 5.41 Å². The fraction of sp³-hybridized carbons (Fsp3) is 0.800. The van der Waals surface area contributed by atoms with E-state index in [1.807, 2.05) is 0 Å². The summed E-state index contributed by atoms with van der Waals surface area (Å²) in [6, 6.07) is -0.453. The molecule has 2 saturated heterocycles. The third-order valence-electron chi connectivity index (χ3n) is 3.78. The smallest absolute Gasteiger partial charge is 0.471 e. The Morgan fingerprint density at radius 3 is 2.18 bits per heavy atom. The first-order chi connectivity index (χ1) is 7.76. The number of piperidine rings is 2. The summed E-state index contributed by atoms with van der Waals surface area (Å²) in [5.41, 5.74) is -1.17. The number of carbonyl (C=O) groups excluding carboxylic acids is 1. The maximum Gasteiger partial charge on any atom is 0.471 e. The summed E-state index contributed by atoms with van der Waals surface area (Å²) >= 11 is 0. The van der Waals surface area contributed by atoms with E-state index in [-0.39, 0.29) is 6.54 Å². The van der Waals surface area contributed by atoms with Crippen molar-refractivity contribution in [1.29, 1.82) is 0 Å². The predicted octanol–water partition coefficient (Wildman–Crippen LogP) is 1.40. The number of amides is 1. The van der Waals surface area contributed by atoms with Gasteiger partial charge in [0.05, 0.1) is 5.41 Å². The third-order valence-corrected chi connectivity index (χ3v) is 3.78. The van der Waals surface area contributed by atoms with Gasteiger partial charge in [0.25, 0.3) is 0 Å². The fourth-order valence-corrected chi connectivity index (χ4v) is 2.76. The van der Waals surface area contributed by atoms with Crippen molar-refractivity contribution in [1.82, 2.24) is 4.90 Å². The SMILES string of the molecule is O=C(N1CC2(C(=O)O)CCC1CC2)C(F)(F)F. The molecule has 3 rings (SSSR count). The van der Waals surface area contributed by atoms with Gasteiger partial charge < -0.3 is 10.0 Å². The van der Waals surface area contributed by atoms with E-state index < -0.39 is 29.5 Å². The molecule has 3 fully saturated rings. The van der Waals surface area contributed by atoms with E-state index in [9.17, 15) is 22.8 Å². The van der Waals surface area contributed by atoms with Gasteiger partial charge in [-0.15, -0.1) is 0 Å². The van der Waals surface area contributed by atoms with Crippen molar-refractivity contribution >= 4 is 11.9 Å². The molecule has 0 aromatic rings. The standard InChI is InChI=1S/C10H12F3NO3/c11-10(12,13)7(15)14-5-9(8(16)17)3-1-6(14)2-4-9/h6H,1-5H2,(H,16,17). The van der Waals surface area contributed by atoms with Crippen molar-refractivity contribution in [2.75, 3.05) is 6.54 Å². The van der Waals surface area contributed by atoms with Gasteiger partial charge >= 0.3 is 18.1 Å². The maximum atomic E-state index is 12.3. The molecule has 2 heterocycles. The molecule has 1 N–H and O–H groups in total. The van der Waals surface area contributed by atoms with Gasteiger partial charge in [-0.1, -0.05) is 0 Å². The molecule has 96 valence electrons. The zero-order valence-corrected chi connectivity index (χ0v) is 8.96. The van der Waals surface area contributed by atoms with Crippen LogP contribution in [-0.2, 0) is 9.59 Å². The lowest BCUT2D eigenvalue weighted by atomic mass is 9.67. The number of carbonyl (C=O) groups is 2. The summed E-state index contributed by atoms with van der Waals surface area (Å²) in [7, 11) is 0. The first-order valence-electron chi connectivity index (χ1n) is 5.37. The fourth-order valence-electron chi connectivity index (χ4n) is 2.76. The van der Waals surface area contributed by atoms with Crippen molar-refractivity contribution < 1.29 is 27.9 Å². The quantitative estimate of drug-likeness (QED) is 0.766. The van der Waals surface area contributed by atoms with Gasteiger partial charge in [0.1, 0.15) is 0 Å². The number of nitrogens with zero attached hydrogens (tertiary/aromatic N) is 1. The molecule has 0 aromatic carbocycles. The van der Waals surface area contributed by atoms with Gasteiger partial charge in [0, 0.05) is 12.6 Å². The minimum absolute atomic E-state index is 0.314. The summed E-state index contributed by atoms with van der Waals surface area (Å²) in [6.45, 7) is -0.314. The van der Waals surface area contributed by atoms with Crippen LogP contribution in [0.25, 0.3) is 0 Å². The average molecular weight is 251 g/mol. The Hall–Kier alpha value is -1.27. The van der Waals surface area contributed by atoms with Crippen molar-refractivity contribution in [3.63, 3.8) is 0 Å². The van der Waals surface area contributed by atoms with Gasteiger partial charge in [-0.25, -0.2) is 0 Å². The Morgan fingerprint density at radius 2 is 1.76 bits per heavy atom. The Morgan fingerprint density at radius 1 is 1.24 bits per heavy atom. The summed E-state index contributed by atoms with van der Waals surface area (Å²) in [6.07, 6.45) is -3.53. The van der Waals surface area contributed by atoms with E-state index in [0.29, 0.717) is 30.6 Å². The second-order valence-corrected chi connectivity index (χ2v) is 4.75. The second-order valence-electron chi connectivity index (χ2n) is 4.75. The molecule has 0 spiro atoms. The molecule has 1 saturated carbocycles. The number of hydrogen-bond acceptors (Lipinski definition) is 2. The van der Waals surface area contributed by atoms with E-state index in [1.165, 1.54) is 0 Å². The molecule has 4 nitrogen and oxygen atoms in total. The van der Waals surface area contributed by atoms with Crippen molar-refractivity contribution in [2.24, 2.45) is 5.41 Å². The highest BCUT2D eigenvalue weighted by atomic mass is 19.4. The largest absolute Gasteiger partial charge is 0.481 e. The highest BCUT2D eigenvalue weighted by molar-refractivity contribution is 5.84. The first kappa shape index (κ1) is 12.2. The van der Waals surface area contributed by atoms with Crippen LogP contribution in [-0.4, -0.2) is 40.6 Å². The minimum Gasteiger partial charge on any atom is -0.481 e. The average Bonchev–Trinajstić information content (AvgIpc) is 2.28. The first-order valence-corrected chi connectivity index (χ1v) is 5.37. The maximum absolute atomic E-state index is 12.3. The lowest BCUT2D eigenvalue weighted by molar-refractivity contribution is -0.198. The molecule has 0 aromatic heterocycles. The van der Waals surface area contributed by atoms with Crippen LogP contribution in [0.2, 0.25) is 0 Å². The Labute approximate surface area is 95.4 Å². The number of aliphatic carboxylic acids is 1. The zero-order chi connectivity index (χ0) is 12.8. The van der Waals surface area contributed by atoms with E-state index in [0.717, 1.165) is 0 Å². The molecule has 2 bridgehead atoms. The van der Waals surface area contributed by atoms with Crippen LogP contribution in [0.3, 0.4) is 0 Å². The summed E-state index contributed by atoms with van der Waals surface area (Å²) in [4.78, 5) is 23.0. The lowest BCUT2D eigenvalue weighted by Crippen LogP contribution is -2.61. The molecule has 0 radical (unpaired) electrons. The zero-order valence-electron chi connectivity index (χ0n) is 8.96. The van der Waals surface area contributed by atoms with Gasteiger partial charge in [-0.05, 0) is 25.7 Å². The highest BCUT2D eigenvalue weighted by Gasteiger charge is 2.55. The molecular weight excluding hydrogens is 239 g/mol. The number of halogens is 3. The van der Waals surface area contributed by atoms with Crippen LogP contribution in [0.15, 0.2) is 0 Å². The van der Waals surface area contributed by atoms with Crippen LogP contribution in [0.5, 0.6) is 0 Å². The number of alkyl halides is 3. The number of carboxylic acids is 1. The molecule has 17 heavy (non-hydrogen) atoms. The van der Waals surface area contributed by atoms with Crippen LogP contribution in [0.1, 0.15) is 25.7 Å². The monoisotopic (exact) mass is 251 g/mol. The number of rotatable bonds is 1. The molecule has 1 amide bonds. The lowest BCUT2D eigenvalue weighted by Gasteiger charge is -2.50. The molecule has 7 heteroatoms. The van der Waals surface area contributed by atoms with Gasteiger partial charge in [-0.3, -0.25) is 9.59 Å². The number of carboxylic acid groups (broad SMARTS) is 1. The summed E-state index contributed by atoms with van der Waals surface area (Å²) in [5, 5.41) is 9.10. The van der Waals surface area contributed by atoms with E-state index in [1.54, 1.807) is 0 Å². The van der Waals surface area contributed by atoms with Crippen LogP contribution >= 0.6 is 0 Å². The summed E-state index contributed by atoms with van der Waals surface area (Å²) < 4.78 is 37.0. The predicted molar refractivity (Wildman–Crippen MR) is 50.1 cm³/mol. The van der Waals surface area contributed by atoms with Gasteiger partial charge in [-0.2, -0.15) is 13.2 Å². The topological polar surface area (TPSA) is 57.6 Å². The summed E-state index contributed by atoms with van der Waals surface area (Å²) in [5.74, 6) is -3.01. The van der Waals surface area contributed by atoms with E-state index >= 15 is 0 Å². The van der Waals surface area contributed by atoms with Gasteiger partial charge in [0.2, 0.25) is 0 Å². The minimum atomic E-state index is -4.92. The van der Waals surface area contributed by atoms with E-state index in [4.69, 9.17) is 5.11 Å². The van der Waals surface area contributed by atoms with Crippen LogP contribution < -0.4 is 0 Å². The molecule has 1 aliphatic carbocycles. The van der Waals surface area contributed by atoms with Crippen molar-refractivity contribution in [3.05, 3.63) is 0 Å². The second kappa shape index (κ2) is 3.61. The molecule has 3 aliphatic rings. The van der Waals surface area contributed by atoms with Crippen molar-refractivity contribution in [3.8, 4) is 0 Å². The number of hydrogen-bond donors (Lipinski definition) is 1. The normalized spacial score (nSPS) is 32.6. The van der Waals surface area contributed by atoms with E-state index in [2.05, 4.69) is 0 Å². The molecular formula is C10H12F3NO3. The molecule has 2 aliphatic heterocycles. The Bertz CT molecular complexity index is 358. The van der Waals surface area contributed by atoms with Crippen molar-refractivity contribution in [2.45, 2.75) is 37.9 Å².